The number of rotatable bonds is 2. The molecule has 3 aliphatic rings. The molecule has 0 amide bonds. The van der Waals surface area contributed by atoms with E-state index in [1.165, 1.54) is 0 Å². The second-order valence-electron chi connectivity index (χ2n) is 5.85. The number of hydrogen-bond acceptors (Lipinski definition) is 5. The first-order chi connectivity index (χ1) is 9.63. The molecular weight excluding hydrogens is 258 g/mol. The van der Waals surface area contributed by atoms with Gasteiger partial charge in [-0.15, -0.1) is 0 Å². The molecule has 2 bridgehead atoms. The first-order valence-corrected chi connectivity index (χ1v) is 7.04. The van der Waals surface area contributed by atoms with Crippen LogP contribution in [0.3, 0.4) is 0 Å². The van der Waals surface area contributed by atoms with Crippen LogP contribution in [0.15, 0.2) is 10.3 Å². The van der Waals surface area contributed by atoms with Gasteiger partial charge in [-0.3, -0.25) is 4.79 Å². The van der Waals surface area contributed by atoms with Gasteiger partial charge in [0.15, 0.2) is 5.78 Å². The molecule has 4 atom stereocenters. The number of Topliss-reactive ketones (excluding diaryl/α,β-unsaturated/α-hetero) is 1. The van der Waals surface area contributed by atoms with Gasteiger partial charge in [-0.05, 0) is 26.7 Å². The number of carbonyl (C=O) groups is 1. The zero-order valence-electron chi connectivity index (χ0n) is 11.8. The Kier molecular flexibility index (Phi) is 2.40. The highest BCUT2D eigenvalue weighted by atomic mass is 16.5. The van der Waals surface area contributed by atoms with E-state index in [9.17, 15) is 4.79 Å². The van der Waals surface area contributed by atoms with Crippen molar-refractivity contribution in [3.8, 4) is 0 Å². The van der Waals surface area contributed by atoms with E-state index in [1.807, 2.05) is 13.8 Å². The van der Waals surface area contributed by atoms with Crippen LogP contribution in [-0.4, -0.2) is 30.3 Å². The summed E-state index contributed by atoms with van der Waals surface area (Å²) in [6.07, 6.45) is 2.17. The normalized spacial score (nSPS) is 35.0. The van der Waals surface area contributed by atoms with Crippen LogP contribution in [0.1, 0.15) is 29.9 Å². The maximum atomic E-state index is 12.9. The SMILES string of the molecule is COC1=C(c2c(C)noc2C)C(=O)[C@H]2[C@@H]1[C@@H]1CC[C@H]2O1. The molecule has 5 nitrogen and oxygen atoms in total. The second kappa shape index (κ2) is 3.95. The molecule has 2 aliphatic heterocycles. The zero-order valence-corrected chi connectivity index (χ0v) is 11.8. The van der Waals surface area contributed by atoms with Gasteiger partial charge in [-0.25, -0.2) is 0 Å². The van der Waals surface area contributed by atoms with Crippen LogP contribution in [0.2, 0.25) is 0 Å². The largest absolute Gasteiger partial charge is 0.500 e. The first kappa shape index (κ1) is 12.1. The minimum atomic E-state index is -0.0765. The molecule has 0 spiro atoms. The fraction of sp³-hybridized carbons (Fsp3) is 0.600. The summed E-state index contributed by atoms with van der Waals surface area (Å²) in [6.45, 7) is 3.70. The summed E-state index contributed by atoms with van der Waals surface area (Å²) >= 11 is 0. The molecule has 0 radical (unpaired) electrons. The highest BCUT2D eigenvalue weighted by molar-refractivity contribution is 6.25. The Balaban J connectivity index is 1.89. The predicted molar refractivity (Wildman–Crippen MR) is 69.8 cm³/mol. The van der Waals surface area contributed by atoms with Crippen molar-refractivity contribution >= 4 is 11.4 Å². The Morgan fingerprint density at radius 2 is 1.90 bits per heavy atom. The van der Waals surface area contributed by atoms with Crippen molar-refractivity contribution in [2.75, 3.05) is 7.11 Å². The van der Waals surface area contributed by atoms with Gasteiger partial charge in [0.05, 0.1) is 48.0 Å². The lowest BCUT2D eigenvalue weighted by atomic mass is 9.80. The lowest BCUT2D eigenvalue weighted by Crippen LogP contribution is -2.29. The van der Waals surface area contributed by atoms with Crippen LogP contribution in [0.4, 0.5) is 0 Å². The third-order valence-corrected chi connectivity index (χ3v) is 4.87. The Morgan fingerprint density at radius 3 is 2.50 bits per heavy atom. The summed E-state index contributed by atoms with van der Waals surface area (Å²) in [4.78, 5) is 12.9. The van der Waals surface area contributed by atoms with Crippen LogP contribution in [0.25, 0.3) is 5.57 Å². The van der Waals surface area contributed by atoms with Gasteiger partial charge in [0.1, 0.15) is 11.5 Å². The van der Waals surface area contributed by atoms with E-state index in [0.717, 1.165) is 29.9 Å². The molecule has 5 heteroatoms. The van der Waals surface area contributed by atoms with Crippen LogP contribution in [0.5, 0.6) is 0 Å². The van der Waals surface area contributed by atoms with E-state index < -0.39 is 0 Å². The maximum absolute atomic E-state index is 12.9. The van der Waals surface area contributed by atoms with Gasteiger partial charge in [0.2, 0.25) is 0 Å². The molecule has 1 aromatic heterocycles. The van der Waals surface area contributed by atoms with E-state index in [4.69, 9.17) is 14.0 Å². The molecule has 1 aromatic rings. The number of nitrogens with zero attached hydrogens (tertiary/aromatic N) is 1. The molecule has 4 rings (SSSR count). The average molecular weight is 275 g/mol. The summed E-state index contributed by atoms with van der Waals surface area (Å²) in [7, 11) is 1.63. The lowest BCUT2D eigenvalue weighted by Gasteiger charge is -2.21. The molecule has 2 saturated heterocycles. The summed E-state index contributed by atoms with van der Waals surface area (Å²) in [6, 6.07) is 0. The van der Waals surface area contributed by atoms with Crippen LogP contribution < -0.4 is 0 Å². The quantitative estimate of drug-likeness (QED) is 0.826. The molecule has 1 aliphatic carbocycles. The summed E-state index contributed by atoms with van der Waals surface area (Å²) in [5.41, 5.74) is 2.22. The highest BCUT2D eigenvalue weighted by Crippen LogP contribution is 2.54. The number of ether oxygens (including phenoxy) is 2. The molecule has 2 fully saturated rings. The predicted octanol–water partition coefficient (Wildman–Crippen LogP) is 2.03. The van der Waals surface area contributed by atoms with E-state index >= 15 is 0 Å². The van der Waals surface area contributed by atoms with Crippen molar-refractivity contribution in [3.05, 3.63) is 22.8 Å². The Morgan fingerprint density at radius 1 is 1.20 bits per heavy atom. The number of allylic oxidation sites excluding steroid dienone is 1. The van der Waals surface area contributed by atoms with Gasteiger partial charge in [-0.2, -0.15) is 0 Å². The smallest absolute Gasteiger partial charge is 0.173 e. The Labute approximate surface area is 116 Å². The zero-order chi connectivity index (χ0) is 14.0. The molecule has 0 N–H and O–H groups in total. The number of aryl methyl sites for hydroxylation is 2. The van der Waals surface area contributed by atoms with Crippen LogP contribution in [0, 0.1) is 25.7 Å². The minimum Gasteiger partial charge on any atom is -0.500 e. The van der Waals surface area contributed by atoms with E-state index in [0.29, 0.717) is 11.3 Å². The average Bonchev–Trinajstić information content (AvgIpc) is 3.15. The molecule has 0 aromatic carbocycles. The van der Waals surface area contributed by atoms with E-state index in [-0.39, 0.29) is 29.8 Å². The molecule has 0 saturated carbocycles. The van der Waals surface area contributed by atoms with Crippen molar-refractivity contribution in [2.24, 2.45) is 11.8 Å². The number of ketones is 1. The van der Waals surface area contributed by atoms with Gasteiger partial charge in [-0.1, -0.05) is 5.16 Å². The van der Waals surface area contributed by atoms with E-state index in [2.05, 4.69) is 5.16 Å². The minimum absolute atomic E-state index is 0.0561. The van der Waals surface area contributed by atoms with E-state index in [1.54, 1.807) is 7.11 Å². The monoisotopic (exact) mass is 275 g/mol. The maximum Gasteiger partial charge on any atom is 0.173 e. The van der Waals surface area contributed by atoms with Crippen molar-refractivity contribution in [2.45, 2.75) is 38.9 Å². The topological polar surface area (TPSA) is 61.6 Å². The Bertz CT molecular complexity index is 610. The first-order valence-electron chi connectivity index (χ1n) is 7.04. The fourth-order valence-corrected chi connectivity index (χ4v) is 4.12. The van der Waals surface area contributed by atoms with Gasteiger partial charge < -0.3 is 14.0 Å². The summed E-state index contributed by atoms with van der Waals surface area (Å²) in [5, 5.41) is 3.96. The van der Waals surface area contributed by atoms with Gasteiger partial charge >= 0.3 is 0 Å². The van der Waals surface area contributed by atoms with Crippen LogP contribution in [-0.2, 0) is 14.3 Å². The fourth-order valence-electron chi connectivity index (χ4n) is 4.12. The van der Waals surface area contributed by atoms with Crippen molar-refractivity contribution in [1.29, 1.82) is 0 Å². The number of carbonyl (C=O) groups excluding carboxylic acids is 1. The molecular formula is C15H17NO4. The Hall–Kier alpha value is -1.62. The summed E-state index contributed by atoms with van der Waals surface area (Å²) < 4.78 is 16.7. The molecule has 3 heterocycles. The number of fused-ring (bicyclic) bond motifs is 5. The van der Waals surface area contributed by atoms with Gasteiger partial charge in [0.25, 0.3) is 0 Å². The van der Waals surface area contributed by atoms with Gasteiger partial charge in [0, 0.05) is 0 Å². The second-order valence-corrected chi connectivity index (χ2v) is 5.85. The van der Waals surface area contributed by atoms with Crippen LogP contribution >= 0.6 is 0 Å². The molecule has 106 valence electrons. The standard InChI is InChI=1S/C15H17NO4/c1-6-10(7(2)20-16-6)13-14(17)11-8-4-5-9(19-8)12(11)15(13)18-3/h8-9,11-12H,4-5H2,1-3H3/t8-,9+,11-,12+/m1/s1. The molecule has 0 unspecified atom stereocenters. The highest BCUT2D eigenvalue weighted by Gasteiger charge is 2.59. The van der Waals surface area contributed by atoms with Crippen molar-refractivity contribution in [3.63, 3.8) is 0 Å². The van der Waals surface area contributed by atoms with Crippen molar-refractivity contribution in [1.82, 2.24) is 5.16 Å². The molecule has 20 heavy (non-hydrogen) atoms. The third kappa shape index (κ3) is 1.31. The van der Waals surface area contributed by atoms with Crippen molar-refractivity contribution < 1.29 is 18.8 Å². The number of hydrogen-bond donors (Lipinski definition) is 0. The summed E-state index contributed by atoms with van der Waals surface area (Å²) in [5.74, 6) is 1.58. The third-order valence-electron chi connectivity index (χ3n) is 4.87. The lowest BCUT2D eigenvalue weighted by molar-refractivity contribution is -0.118. The number of aromatic nitrogens is 1. The number of methoxy groups -OCH3 is 1.